The summed E-state index contributed by atoms with van der Waals surface area (Å²) in [7, 11) is 0. The molecule has 0 aliphatic carbocycles. The Labute approximate surface area is 77.4 Å². The maximum atomic E-state index is 5.23. The lowest BCUT2D eigenvalue weighted by molar-refractivity contribution is 0.128. The fourth-order valence-corrected chi connectivity index (χ4v) is 1.36. The van der Waals surface area contributed by atoms with Gasteiger partial charge in [0, 0.05) is 31.5 Å². The smallest absolute Gasteiger partial charge is 0.154 e. The summed E-state index contributed by atoms with van der Waals surface area (Å²) in [6.07, 6.45) is 1.89. The standard InChI is InChI=1S/C9H13N3O/c1-2-13-6-9-11-4-7-3-10-5-8(7)12-9/h4,10H,2-3,5-6H2,1H3. The molecule has 0 aromatic carbocycles. The van der Waals surface area contributed by atoms with Crippen LogP contribution in [0.15, 0.2) is 6.20 Å². The molecular weight excluding hydrogens is 166 g/mol. The monoisotopic (exact) mass is 179 g/mol. The van der Waals surface area contributed by atoms with E-state index >= 15 is 0 Å². The van der Waals surface area contributed by atoms with E-state index in [4.69, 9.17) is 4.74 Å². The van der Waals surface area contributed by atoms with Gasteiger partial charge in [-0.2, -0.15) is 0 Å². The molecule has 0 radical (unpaired) electrons. The van der Waals surface area contributed by atoms with E-state index in [1.165, 1.54) is 5.56 Å². The van der Waals surface area contributed by atoms with Crippen LogP contribution in [0.25, 0.3) is 0 Å². The van der Waals surface area contributed by atoms with Gasteiger partial charge in [0.15, 0.2) is 5.82 Å². The Morgan fingerprint density at radius 3 is 3.31 bits per heavy atom. The predicted molar refractivity (Wildman–Crippen MR) is 47.9 cm³/mol. The van der Waals surface area contributed by atoms with Gasteiger partial charge in [-0.25, -0.2) is 9.97 Å². The van der Waals surface area contributed by atoms with Crippen molar-refractivity contribution in [3.05, 3.63) is 23.3 Å². The fraction of sp³-hybridized carbons (Fsp3) is 0.556. The van der Waals surface area contributed by atoms with Gasteiger partial charge in [0.1, 0.15) is 6.61 Å². The van der Waals surface area contributed by atoms with E-state index in [1.807, 2.05) is 13.1 Å². The third-order valence-corrected chi connectivity index (χ3v) is 2.05. The Balaban J connectivity index is 2.12. The lowest BCUT2D eigenvalue weighted by Crippen LogP contribution is -2.02. The van der Waals surface area contributed by atoms with Crippen LogP contribution in [0.5, 0.6) is 0 Å². The van der Waals surface area contributed by atoms with E-state index < -0.39 is 0 Å². The summed E-state index contributed by atoms with van der Waals surface area (Å²) >= 11 is 0. The van der Waals surface area contributed by atoms with Crippen molar-refractivity contribution in [3.8, 4) is 0 Å². The van der Waals surface area contributed by atoms with E-state index in [0.717, 1.165) is 24.6 Å². The fourth-order valence-electron chi connectivity index (χ4n) is 1.36. The second kappa shape index (κ2) is 3.81. The van der Waals surface area contributed by atoms with Crippen molar-refractivity contribution in [2.45, 2.75) is 26.6 Å². The highest BCUT2D eigenvalue weighted by molar-refractivity contribution is 5.21. The molecule has 2 rings (SSSR count). The first kappa shape index (κ1) is 8.59. The van der Waals surface area contributed by atoms with Crippen LogP contribution in [0.4, 0.5) is 0 Å². The number of fused-ring (bicyclic) bond motifs is 1. The zero-order valence-electron chi connectivity index (χ0n) is 7.71. The molecule has 0 saturated heterocycles. The highest BCUT2D eigenvalue weighted by Gasteiger charge is 2.12. The first-order valence-electron chi connectivity index (χ1n) is 4.52. The van der Waals surface area contributed by atoms with Gasteiger partial charge in [-0.3, -0.25) is 0 Å². The highest BCUT2D eigenvalue weighted by Crippen LogP contribution is 2.11. The maximum Gasteiger partial charge on any atom is 0.154 e. The lowest BCUT2D eigenvalue weighted by atomic mass is 10.3. The molecule has 1 aromatic heterocycles. The lowest BCUT2D eigenvalue weighted by Gasteiger charge is -2.01. The minimum atomic E-state index is 0.518. The van der Waals surface area contributed by atoms with Gasteiger partial charge in [0.2, 0.25) is 0 Å². The molecule has 0 unspecified atom stereocenters. The molecule has 4 heteroatoms. The van der Waals surface area contributed by atoms with Crippen LogP contribution in [0.1, 0.15) is 24.0 Å². The van der Waals surface area contributed by atoms with E-state index in [-0.39, 0.29) is 0 Å². The molecule has 70 valence electrons. The molecule has 0 saturated carbocycles. The van der Waals surface area contributed by atoms with Crippen LogP contribution >= 0.6 is 0 Å². The van der Waals surface area contributed by atoms with Gasteiger partial charge in [0.25, 0.3) is 0 Å². The molecule has 0 fully saturated rings. The SMILES string of the molecule is CCOCc1ncc2c(n1)CNC2. The van der Waals surface area contributed by atoms with Crippen LogP contribution in [0, 0.1) is 0 Å². The van der Waals surface area contributed by atoms with Crippen molar-refractivity contribution >= 4 is 0 Å². The molecule has 0 bridgehead atoms. The van der Waals surface area contributed by atoms with Gasteiger partial charge in [0.05, 0.1) is 5.69 Å². The van der Waals surface area contributed by atoms with Crippen molar-refractivity contribution in [3.63, 3.8) is 0 Å². The molecule has 4 nitrogen and oxygen atoms in total. The first-order valence-corrected chi connectivity index (χ1v) is 4.52. The number of nitrogens with one attached hydrogen (secondary N) is 1. The molecule has 2 heterocycles. The quantitative estimate of drug-likeness (QED) is 0.738. The zero-order chi connectivity index (χ0) is 9.10. The molecule has 0 amide bonds. The molecule has 0 atom stereocenters. The van der Waals surface area contributed by atoms with Gasteiger partial charge in [-0.15, -0.1) is 0 Å². The Hall–Kier alpha value is -1.00. The third kappa shape index (κ3) is 1.84. The number of hydrogen-bond acceptors (Lipinski definition) is 4. The highest BCUT2D eigenvalue weighted by atomic mass is 16.5. The van der Waals surface area contributed by atoms with Crippen LogP contribution in [-0.2, 0) is 24.4 Å². The Morgan fingerprint density at radius 2 is 2.46 bits per heavy atom. The largest absolute Gasteiger partial charge is 0.374 e. The Kier molecular flexibility index (Phi) is 2.52. The second-order valence-electron chi connectivity index (χ2n) is 3.00. The van der Waals surface area contributed by atoms with E-state index in [0.29, 0.717) is 13.2 Å². The van der Waals surface area contributed by atoms with Crippen molar-refractivity contribution in [1.82, 2.24) is 15.3 Å². The van der Waals surface area contributed by atoms with E-state index in [1.54, 1.807) is 0 Å². The van der Waals surface area contributed by atoms with Crippen molar-refractivity contribution in [2.75, 3.05) is 6.61 Å². The average molecular weight is 179 g/mol. The summed E-state index contributed by atoms with van der Waals surface area (Å²) in [6.45, 7) is 4.94. The Bertz CT molecular complexity index is 301. The molecule has 1 aliphatic heterocycles. The van der Waals surface area contributed by atoms with Gasteiger partial charge < -0.3 is 10.1 Å². The summed E-state index contributed by atoms with van der Waals surface area (Å²) in [5, 5.41) is 3.23. The number of nitrogens with zero attached hydrogens (tertiary/aromatic N) is 2. The summed E-state index contributed by atoms with van der Waals surface area (Å²) in [5.41, 5.74) is 2.32. The van der Waals surface area contributed by atoms with E-state index in [9.17, 15) is 0 Å². The number of aromatic nitrogens is 2. The van der Waals surface area contributed by atoms with Crippen LogP contribution in [-0.4, -0.2) is 16.6 Å². The van der Waals surface area contributed by atoms with Gasteiger partial charge >= 0.3 is 0 Å². The first-order chi connectivity index (χ1) is 6.40. The van der Waals surface area contributed by atoms with Gasteiger partial charge in [-0.1, -0.05) is 0 Å². The van der Waals surface area contributed by atoms with Crippen molar-refractivity contribution in [2.24, 2.45) is 0 Å². The summed E-state index contributed by atoms with van der Waals surface area (Å²) < 4.78 is 5.23. The van der Waals surface area contributed by atoms with E-state index in [2.05, 4.69) is 15.3 Å². The summed E-state index contributed by atoms with van der Waals surface area (Å²) in [5.74, 6) is 0.782. The Morgan fingerprint density at radius 1 is 1.54 bits per heavy atom. The van der Waals surface area contributed by atoms with Crippen molar-refractivity contribution in [1.29, 1.82) is 0 Å². The summed E-state index contributed by atoms with van der Waals surface area (Å²) in [6, 6.07) is 0. The third-order valence-electron chi connectivity index (χ3n) is 2.05. The molecule has 13 heavy (non-hydrogen) atoms. The molecule has 1 N–H and O–H groups in total. The average Bonchev–Trinajstić information content (AvgIpc) is 2.61. The van der Waals surface area contributed by atoms with Crippen LogP contribution < -0.4 is 5.32 Å². The molecular formula is C9H13N3O. The second-order valence-corrected chi connectivity index (χ2v) is 3.00. The van der Waals surface area contributed by atoms with Crippen LogP contribution in [0.3, 0.4) is 0 Å². The zero-order valence-corrected chi connectivity index (χ0v) is 7.71. The number of hydrogen-bond donors (Lipinski definition) is 1. The molecule has 1 aromatic rings. The number of ether oxygens (including phenoxy) is 1. The molecule has 1 aliphatic rings. The van der Waals surface area contributed by atoms with Gasteiger partial charge in [-0.05, 0) is 6.92 Å². The topological polar surface area (TPSA) is 47.0 Å². The predicted octanol–water partition coefficient (Wildman–Crippen LogP) is 0.616. The van der Waals surface area contributed by atoms with Crippen molar-refractivity contribution < 1.29 is 4.74 Å². The van der Waals surface area contributed by atoms with Crippen LogP contribution in [0.2, 0.25) is 0 Å². The minimum absolute atomic E-state index is 0.518. The summed E-state index contributed by atoms with van der Waals surface area (Å²) in [4.78, 5) is 8.60. The minimum Gasteiger partial charge on any atom is -0.374 e. The number of rotatable bonds is 3. The maximum absolute atomic E-state index is 5.23. The molecule has 0 spiro atoms. The normalized spacial score (nSPS) is 14.5.